The summed E-state index contributed by atoms with van der Waals surface area (Å²) in [7, 11) is 0. The average molecular weight is 274 g/mol. The topological polar surface area (TPSA) is 32.3 Å². The summed E-state index contributed by atoms with van der Waals surface area (Å²) < 4.78 is 0. The van der Waals surface area contributed by atoms with Crippen LogP contribution in [-0.2, 0) is 0 Å². The van der Waals surface area contributed by atoms with E-state index in [0.29, 0.717) is 6.04 Å². The van der Waals surface area contributed by atoms with Crippen LogP contribution in [0.25, 0.3) is 0 Å². The fourth-order valence-corrected chi connectivity index (χ4v) is 3.39. The second kappa shape index (κ2) is 5.68. The molecule has 0 unspecified atom stereocenters. The molecule has 0 atom stereocenters. The number of aryl methyl sites for hydroxylation is 1. The molecule has 3 heterocycles. The fourth-order valence-electron chi connectivity index (χ4n) is 3.39. The van der Waals surface area contributed by atoms with Crippen LogP contribution < -0.4 is 4.90 Å². The normalized spacial score (nSPS) is 22.3. The predicted molar refractivity (Wildman–Crippen MR) is 81.9 cm³/mol. The predicted octanol–water partition coefficient (Wildman–Crippen LogP) is 2.34. The van der Waals surface area contributed by atoms with Crippen molar-refractivity contribution >= 4 is 5.95 Å². The van der Waals surface area contributed by atoms with Gasteiger partial charge in [0.25, 0.3) is 0 Å². The minimum atomic E-state index is 0.715. The van der Waals surface area contributed by atoms with Gasteiger partial charge in [-0.2, -0.15) is 0 Å². The molecule has 2 aliphatic rings. The molecule has 1 aromatic rings. The van der Waals surface area contributed by atoms with Gasteiger partial charge >= 0.3 is 0 Å². The van der Waals surface area contributed by atoms with Crippen LogP contribution in [0.2, 0.25) is 0 Å². The Balaban J connectivity index is 1.49. The standard InChI is InChI=1S/C16H26N4/c1-12(2)20-10-15(11-20)14-4-6-19(7-5-14)16-17-8-13(3)9-18-16/h8-9,12,14-15H,4-7,10-11H2,1-3H3. The van der Waals surface area contributed by atoms with Gasteiger partial charge in [-0.05, 0) is 51.0 Å². The van der Waals surface area contributed by atoms with Gasteiger partial charge in [0.05, 0.1) is 0 Å². The third-order valence-electron chi connectivity index (χ3n) is 4.92. The second-order valence-electron chi connectivity index (χ2n) is 6.69. The van der Waals surface area contributed by atoms with Gasteiger partial charge in [-0.15, -0.1) is 0 Å². The molecule has 0 saturated carbocycles. The highest BCUT2D eigenvalue weighted by molar-refractivity contribution is 5.30. The summed E-state index contributed by atoms with van der Waals surface area (Å²) in [5.74, 6) is 2.75. The van der Waals surface area contributed by atoms with Crippen LogP contribution in [-0.4, -0.2) is 47.1 Å². The fraction of sp³-hybridized carbons (Fsp3) is 0.750. The summed E-state index contributed by atoms with van der Waals surface area (Å²) >= 11 is 0. The molecule has 110 valence electrons. The summed E-state index contributed by atoms with van der Waals surface area (Å²) in [5.41, 5.74) is 1.13. The Kier molecular flexibility index (Phi) is 3.92. The van der Waals surface area contributed by atoms with Gasteiger partial charge in [0.15, 0.2) is 0 Å². The number of hydrogen-bond acceptors (Lipinski definition) is 4. The van der Waals surface area contributed by atoms with Gasteiger partial charge in [-0.25, -0.2) is 9.97 Å². The van der Waals surface area contributed by atoms with E-state index < -0.39 is 0 Å². The van der Waals surface area contributed by atoms with Crippen molar-refractivity contribution in [1.82, 2.24) is 14.9 Å². The number of likely N-dealkylation sites (tertiary alicyclic amines) is 1. The van der Waals surface area contributed by atoms with E-state index in [0.717, 1.165) is 36.4 Å². The largest absolute Gasteiger partial charge is 0.341 e. The third kappa shape index (κ3) is 2.80. The molecule has 0 N–H and O–H groups in total. The SMILES string of the molecule is Cc1cnc(N2CCC(C3CN(C(C)C)C3)CC2)nc1. The first-order chi connectivity index (χ1) is 9.63. The van der Waals surface area contributed by atoms with Gasteiger partial charge in [0.2, 0.25) is 5.95 Å². The number of rotatable bonds is 3. The van der Waals surface area contributed by atoms with E-state index in [1.807, 2.05) is 19.3 Å². The summed E-state index contributed by atoms with van der Waals surface area (Å²) in [6.07, 6.45) is 6.43. The molecule has 0 radical (unpaired) electrons. The van der Waals surface area contributed by atoms with Crippen LogP contribution in [0, 0.1) is 18.8 Å². The number of aromatic nitrogens is 2. The Morgan fingerprint density at radius 3 is 2.20 bits per heavy atom. The Morgan fingerprint density at radius 1 is 1.05 bits per heavy atom. The van der Waals surface area contributed by atoms with Crippen molar-refractivity contribution in [1.29, 1.82) is 0 Å². The number of anilines is 1. The lowest BCUT2D eigenvalue weighted by Gasteiger charge is -2.48. The first-order valence-corrected chi connectivity index (χ1v) is 7.91. The molecule has 4 heteroatoms. The van der Waals surface area contributed by atoms with Crippen LogP contribution in [0.5, 0.6) is 0 Å². The lowest BCUT2D eigenvalue weighted by Crippen LogP contribution is -2.54. The molecule has 0 bridgehead atoms. The van der Waals surface area contributed by atoms with E-state index in [4.69, 9.17) is 0 Å². The Labute approximate surface area is 122 Å². The van der Waals surface area contributed by atoms with Crippen molar-refractivity contribution in [2.75, 3.05) is 31.1 Å². The second-order valence-corrected chi connectivity index (χ2v) is 6.69. The minimum Gasteiger partial charge on any atom is -0.341 e. The number of hydrogen-bond donors (Lipinski definition) is 0. The maximum absolute atomic E-state index is 4.45. The first-order valence-electron chi connectivity index (χ1n) is 7.91. The highest BCUT2D eigenvalue weighted by atomic mass is 15.3. The maximum atomic E-state index is 4.45. The average Bonchev–Trinajstić information content (AvgIpc) is 2.38. The molecule has 0 aromatic carbocycles. The zero-order valence-corrected chi connectivity index (χ0v) is 12.9. The molecule has 1 aromatic heterocycles. The van der Waals surface area contributed by atoms with Gasteiger partial charge in [-0.3, -0.25) is 0 Å². The van der Waals surface area contributed by atoms with Crippen molar-refractivity contribution in [2.45, 2.75) is 39.7 Å². The molecule has 2 aliphatic heterocycles. The van der Waals surface area contributed by atoms with Crippen molar-refractivity contribution < 1.29 is 0 Å². The maximum Gasteiger partial charge on any atom is 0.225 e. The molecule has 0 spiro atoms. The summed E-state index contributed by atoms with van der Waals surface area (Å²) in [5, 5.41) is 0. The zero-order chi connectivity index (χ0) is 14.1. The van der Waals surface area contributed by atoms with E-state index in [9.17, 15) is 0 Å². The van der Waals surface area contributed by atoms with Gasteiger partial charge in [-0.1, -0.05) is 0 Å². The van der Waals surface area contributed by atoms with Crippen molar-refractivity contribution in [2.24, 2.45) is 11.8 Å². The molecule has 2 fully saturated rings. The quantitative estimate of drug-likeness (QED) is 0.847. The Morgan fingerprint density at radius 2 is 1.65 bits per heavy atom. The molecule has 3 rings (SSSR count). The van der Waals surface area contributed by atoms with E-state index in [1.165, 1.54) is 25.9 Å². The minimum absolute atomic E-state index is 0.715. The van der Waals surface area contributed by atoms with E-state index >= 15 is 0 Å². The first kappa shape index (κ1) is 13.8. The van der Waals surface area contributed by atoms with Gasteiger partial charge < -0.3 is 9.80 Å². The Hall–Kier alpha value is -1.16. The van der Waals surface area contributed by atoms with E-state index in [-0.39, 0.29) is 0 Å². The van der Waals surface area contributed by atoms with Crippen molar-refractivity contribution in [3.8, 4) is 0 Å². The summed E-state index contributed by atoms with van der Waals surface area (Å²) in [6, 6.07) is 0.715. The van der Waals surface area contributed by atoms with Crippen LogP contribution >= 0.6 is 0 Å². The lowest BCUT2D eigenvalue weighted by atomic mass is 9.79. The molecule has 0 aliphatic carbocycles. The third-order valence-corrected chi connectivity index (χ3v) is 4.92. The van der Waals surface area contributed by atoms with Crippen LogP contribution in [0.1, 0.15) is 32.3 Å². The van der Waals surface area contributed by atoms with Crippen molar-refractivity contribution in [3.63, 3.8) is 0 Å². The summed E-state index contributed by atoms with van der Waals surface area (Å²) in [4.78, 5) is 13.8. The smallest absolute Gasteiger partial charge is 0.225 e. The molecule has 2 saturated heterocycles. The number of piperidine rings is 1. The van der Waals surface area contributed by atoms with Gasteiger partial charge in [0.1, 0.15) is 0 Å². The molecule has 0 amide bonds. The van der Waals surface area contributed by atoms with Crippen LogP contribution in [0.15, 0.2) is 12.4 Å². The molecular weight excluding hydrogens is 248 g/mol. The summed E-state index contributed by atoms with van der Waals surface area (Å²) in [6.45, 7) is 11.5. The highest BCUT2D eigenvalue weighted by Crippen LogP contribution is 2.33. The van der Waals surface area contributed by atoms with Crippen LogP contribution in [0.3, 0.4) is 0 Å². The lowest BCUT2D eigenvalue weighted by molar-refractivity contribution is 0.0236. The zero-order valence-electron chi connectivity index (χ0n) is 12.9. The monoisotopic (exact) mass is 274 g/mol. The van der Waals surface area contributed by atoms with Gasteiger partial charge in [0, 0.05) is 44.6 Å². The van der Waals surface area contributed by atoms with Crippen molar-refractivity contribution in [3.05, 3.63) is 18.0 Å². The van der Waals surface area contributed by atoms with Crippen LogP contribution in [0.4, 0.5) is 5.95 Å². The molecule has 4 nitrogen and oxygen atoms in total. The molecule has 20 heavy (non-hydrogen) atoms. The molecular formula is C16H26N4. The van der Waals surface area contributed by atoms with E-state index in [2.05, 4.69) is 33.6 Å². The highest BCUT2D eigenvalue weighted by Gasteiger charge is 2.36. The number of nitrogens with zero attached hydrogens (tertiary/aromatic N) is 4. The van der Waals surface area contributed by atoms with E-state index in [1.54, 1.807) is 0 Å². The Bertz CT molecular complexity index is 428.